The van der Waals surface area contributed by atoms with Gasteiger partial charge in [0, 0.05) is 5.69 Å². The first-order valence-electron chi connectivity index (χ1n) is 7.03. The highest BCUT2D eigenvalue weighted by Crippen LogP contribution is 2.20. The average molecular weight is 338 g/mol. The third kappa shape index (κ3) is 3.12. The molecule has 1 aliphatic heterocycles. The highest BCUT2D eigenvalue weighted by atomic mass is 32.2. The Morgan fingerprint density at radius 2 is 1.61 bits per heavy atom. The van der Waals surface area contributed by atoms with E-state index in [-0.39, 0.29) is 5.71 Å². The van der Waals surface area contributed by atoms with Crippen LogP contribution in [0.4, 0.5) is 10.5 Å². The van der Waals surface area contributed by atoms with Gasteiger partial charge in [0.1, 0.15) is 5.71 Å². The fraction of sp³-hybridized carbons (Fsp3) is 0.400. The number of sulfonamides is 1. The van der Waals surface area contributed by atoms with Gasteiger partial charge in [-0.1, -0.05) is 6.07 Å². The Bertz CT molecular complexity index is 807. The molecule has 3 amide bonds. The number of imide groups is 1. The largest absolute Gasteiger partial charge is 0.500 e. The maximum absolute atomic E-state index is 12.7. The van der Waals surface area contributed by atoms with Crippen LogP contribution in [0.2, 0.25) is 0 Å². The van der Waals surface area contributed by atoms with Crippen molar-refractivity contribution in [3.8, 4) is 0 Å². The number of carbonyl (C=O) groups is 2. The number of nitrogens with one attached hydrogen (secondary N) is 1. The van der Waals surface area contributed by atoms with E-state index in [2.05, 4.69) is 4.72 Å². The van der Waals surface area contributed by atoms with Gasteiger partial charge in [-0.05, 0) is 44.0 Å². The summed E-state index contributed by atoms with van der Waals surface area (Å²) in [5, 5.41) is -1.43. The van der Waals surface area contributed by atoms with Crippen LogP contribution in [0.5, 0.6) is 0 Å². The summed E-state index contributed by atoms with van der Waals surface area (Å²) < 4.78 is 29.0. The molecule has 0 spiro atoms. The van der Waals surface area contributed by atoms with Crippen LogP contribution in [0.25, 0.3) is 0 Å². The van der Waals surface area contributed by atoms with Crippen LogP contribution in [0.3, 0.4) is 0 Å². The lowest BCUT2D eigenvalue weighted by Crippen LogP contribution is -2.57. The van der Waals surface area contributed by atoms with Gasteiger partial charge in [-0.25, -0.2) is 13.2 Å². The maximum Gasteiger partial charge on any atom is 0.500 e. The lowest BCUT2D eigenvalue weighted by Gasteiger charge is -2.23. The number of benzene rings is 1. The molecule has 8 heteroatoms. The van der Waals surface area contributed by atoms with Crippen molar-refractivity contribution < 1.29 is 22.6 Å². The van der Waals surface area contributed by atoms with E-state index in [0.717, 1.165) is 16.0 Å². The standard InChI is InChI=1S/C15H20N3O4S/c1-9-6-10(2)8-12(7-9)16-23(21,22)13-11(3)17(4)15(20)18(5)14(13)19/h6-8,13,16H,1-5H3/q+1. The second kappa shape index (κ2) is 5.77. The van der Waals surface area contributed by atoms with Crippen molar-refractivity contribution in [2.75, 3.05) is 18.8 Å². The van der Waals surface area contributed by atoms with Gasteiger partial charge in [0.2, 0.25) is 5.25 Å². The molecule has 0 saturated heterocycles. The lowest BCUT2D eigenvalue weighted by molar-refractivity contribution is -0.405. The minimum atomic E-state index is -4.03. The molecule has 1 unspecified atom stereocenters. The number of rotatable bonds is 3. The summed E-state index contributed by atoms with van der Waals surface area (Å²) in [5.41, 5.74) is 2.38. The molecule has 1 atom stereocenters. The van der Waals surface area contributed by atoms with E-state index in [1.54, 1.807) is 12.1 Å². The number of amides is 3. The molecule has 1 aromatic rings. The molecular formula is C15H20N3O4S+. The molecule has 124 valence electrons. The average Bonchev–Trinajstić information content (AvgIpc) is 2.41. The first-order chi connectivity index (χ1) is 10.5. The van der Waals surface area contributed by atoms with Gasteiger partial charge in [-0.2, -0.15) is 14.3 Å². The third-order valence-corrected chi connectivity index (χ3v) is 5.51. The van der Waals surface area contributed by atoms with Gasteiger partial charge >= 0.3 is 11.9 Å². The molecule has 0 aliphatic carbocycles. The number of hydrogen-bond donors (Lipinski definition) is 1. The zero-order valence-corrected chi connectivity index (χ0v) is 14.6. The van der Waals surface area contributed by atoms with Crippen molar-refractivity contribution in [2.24, 2.45) is 0 Å². The number of nitrogens with zero attached hydrogens (tertiary/aromatic N) is 2. The van der Waals surface area contributed by atoms with Crippen LogP contribution in [0, 0.1) is 13.8 Å². The molecule has 0 radical (unpaired) electrons. The number of hydrogen-bond acceptors (Lipinski definition) is 4. The van der Waals surface area contributed by atoms with Crippen molar-refractivity contribution in [3.05, 3.63) is 29.3 Å². The SMILES string of the molecule is CC1=[N+](C)C(=O)N(C)C(=O)C1S(=O)(=O)Nc1cc(C)cc(C)c1. The van der Waals surface area contributed by atoms with Crippen molar-refractivity contribution in [1.82, 2.24) is 4.90 Å². The lowest BCUT2D eigenvalue weighted by atomic mass is 10.1. The zero-order chi connectivity index (χ0) is 17.5. The minimum absolute atomic E-state index is 0.176. The van der Waals surface area contributed by atoms with Gasteiger partial charge < -0.3 is 0 Å². The van der Waals surface area contributed by atoms with Crippen molar-refractivity contribution in [3.63, 3.8) is 0 Å². The van der Waals surface area contributed by atoms with Crippen LogP contribution < -0.4 is 4.72 Å². The quantitative estimate of drug-likeness (QED) is 0.837. The molecule has 1 N–H and O–H groups in total. The second-order valence-corrected chi connectivity index (χ2v) is 7.55. The number of anilines is 1. The first-order valence-corrected chi connectivity index (χ1v) is 8.58. The third-order valence-electron chi connectivity index (χ3n) is 3.83. The van der Waals surface area contributed by atoms with E-state index in [4.69, 9.17) is 0 Å². The van der Waals surface area contributed by atoms with Crippen LogP contribution in [0.15, 0.2) is 18.2 Å². The van der Waals surface area contributed by atoms with Gasteiger partial charge in [0.05, 0.1) is 14.1 Å². The predicted octanol–water partition coefficient (Wildman–Crippen LogP) is 1.11. The van der Waals surface area contributed by atoms with E-state index >= 15 is 0 Å². The highest BCUT2D eigenvalue weighted by Gasteiger charge is 2.50. The zero-order valence-electron chi connectivity index (χ0n) is 13.7. The van der Waals surface area contributed by atoms with Crippen LogP contribution >= 0.6 is 0 Å². The molecule has 1 aliphatic rings. The first kappa shape index (κ1) is 17.1. The highest BCUT2D eigenvalue weighted by molar-refractivity contribution is 7.94. The Morgan fingerprint density at radius 1 is 1.09 bits per heavy atom. The van der Waals surface area contributed by atoms with Crippen LogP contribution in [-0.4, -0.2) is 54.9 Å². The Labute approximate surface area is 135 Å². The number of aryl methyl sites for hydroxylation is 2. The van der Waals surface area contributed by atoms with E-state index in [0.29, 0.717) is 5.69 Å². The van der Waals surface area contributed by atoms with Crippen molar-refractivity contribution in [2.45, 2.75) is 26.0 Å². The Hall–Kier alpha value is -2.22. The van der Waals surface area contributed by atoms with E-state index in [9.17, 15) is 18.0 Å². The molecule has 1 heterocycles. The normalized spacial score (nSPS) is 19.3. The molecule has 2 rings (SSSR count). The molecule has 0 bridgehead atoms. The topological polar surface area (TPSA) is 86.6 Å². The minimum Gasteiger partial charge on any atom is -0.282 e. The van der Waals surface area contributed by atoms with E-state index in [1.807, 2.05) is 19.9 Å². The van der Waals surface area contributed by atoms with E-state index in [1.165, 1.54) is 25.6 Å². The molecular weight excluding hydrogens is 318 g/mol. The summed E-state index contributed by atoms with van der Waals surface area (Å²) >= 11 is 0. The Kier molecular flexibility index (Phi) is 4.30. The number of urea groups is 1. The summed E-state index contributed by atoms with van der Waals surface area (Å²) in [4.78, 5) is 25.0. The maximum atomic E-state index is 12.7. The van der Waals surface area contributed by atoms with Crippen molar-refractivity contribution >= 4 is 33.4 Å². The van der Waals surface area contributed by atoms with Crippen LogP contribution in [0.1, 0.15) is 18.1 Å². The van der Waals surface area contributed by atoms with Gasteiger partial charge in [-0.3, -0.25) is 4.72 Å². The Morgan fingerprint density at radius 3 is 2.13 bits per heavy atom. The number of carbonyl (C=O) groups excluding carboxylic acids is 2. The van der Waals surface area contributed by atoms with Crippen molar-refractivity contribution in [1.29, 1.82) is 0 Å². The molecule has 1 aromatic carbocycles. The monoisotopic (exact) mass is 338 g/mol. The summed E-state index contributed by atoms with van der Waals surface area (Å²) in [5.74, 6) is -0.762. The summed E-state index contributed by atoms with van der Waals surface area (Å²) in [6.07, 6.45) is 0. The molecule has 0 saturated carbocycles. The summed E-state index contributed by atoms with van der Waals surface area (Å²) in [7, 11) is -1.31. The van der Waals surface area contributed by atoms with Gasteiger partial charge in [-0.15, -0.1) is 0 Å². The van der Waals surface area contributed by atoms with Gasteiger partial charge in [0.15, 0.2) is 0 Å². The molecule has 0 fully saturated rings. The Balaban J connectivity index is 2.46. The van der Waals surface area contributed by atoms with Crippen LogP contribution in [-0.2, 0) is 14.8 Å². The molecule has 7 nitrogen and oxygen atoms in total. The fourth-order valence-corrected chi connectivity index (χ4v) is 4.21. The smallest absolute Gasteiger partial charge is 0.282 e. The van der Waals surface area contributed by atoms with Gasteiger partial charge in [0.25, 0.3) is 10.0 Å². The summed E-state index contributed by atoms with van der Waals surface area (Å²) in [6, 6.07) is 4.74. The summed E-state index contributed by atoms with van der Waals surface area (Å²) in [6.45, 7) is 5.18. The predicted molar refractivity (Wildman–Crippen MR) is 87.3 cm³/mol. The molecule has 23 heavy (non-hydrogen) atoms. The molecule has 0 aromatic heterocycles. The second-order valence-electron chi connectivity index (χ2n) is 5.78. The fourth-order valence-electron chi connectivity index (χ4n) is 2.61. The van der Waals surface area contributed by atoms with E-state index < -0.39 is 27.2 Å².